The van der Waals surface area contributed by atoms with Crippen molar-refractivity contribution in [1.82, 2.24) is 29.1 Å². The Bertz CT molecular complexity index is 2240. The van der Waals surface area contributed by atoms with Crippen molar-refractivity contribution in [3.63, 3.8) is 0 Å². The highest BCUT2D eigenvalue weighted by molar-refractivity contribution is 9.10. The number of methoxy groups -OCH3 is 2. The van der Waals surface area contributed by atoms with Crippen molar-refractivity contribution in [3.05, 3.63) is 111 Å². The van der Waals surface area contributed by atoms with Crippen molar-refractivity contribution >= 4 is 47.9 Å². The number of aromatic nitrogens is 4. The van der Waals surface area contributed by atoms with Crippen molar-refractivity contribution in [2.24, 2.45) is 4.99 Å². The molecule has 60 heavy (non-hydrogen) atoms. The summed E-state index contributed by atoms with van der Waals surface area (Å²) in [6.45, 7) is 8.61. The second kappa shape index (κ2) is 20.2. The maximum absolute atomic E-state index is 13.3. The summed E-state index contributed by atoms with van der Waals surface area (Å²) in [6, 6.07) is 28.0. The van der Waals surface area contributed by atoms with Crippen molar-refractivity contribution in [3.8, 4) is 17.6 Å². The minimum Gasteiger partial charge on any atom is -0.497 e. The Morgan fingerprint density at radius 1 is 0.983 bits per heavy atom. The van der Waals surface area contributed by atoms with E-state index in [0.717, 1.165) is 16.7 Å². The minimum atomic E-state index is -1.69. The molecule has 17 heteroatoms. The highest BCUT2D eigenvalue weighted by Crippen LogP contribution is 2.51. The smallest absolute Gasteiger partial charge is 0.280 e. The first kappa shape index (κ1) is 44.8. The summed E-state index contributed by atoms with van der Waals surface area (Å²) in [4.78, 5) is 31.3. The van der Waals surface area contributed by atoms with Gasteiger partial charge in [-0.15, -0.1) is 0 Å². The van der Waals surface area contributed by atoms with E-state index in [0.29, 0.717) is 22.7 Å². The Labute approximate surface area is 360 Å². The van der Waals surface area contributed by atoms with Crippen molar-refractivity contribution < 1.29 is 28.0 Å². The number of aromatic amines is 1. The van der Waals surface area contributed by atoms with Crippen LogP contribution in [0.3, 0.4) is 0 Å². The van der Waals surface area contributed by atoms with Crippen LogP contribution in [-0.2, 0) is 24.1 Å². The largest absolute Gasteiger partial charge is 0.497 e. The molecule has 3 heterocycles. The van der Waals surface area contributed by atoms with Crippen molar-refractivity contribution in [2.75, 3.05) is 41.5 Å². The summed E-state index contributed by atoms with van der Waals surface area (Å²) in [5.74, 6) is 1.53. The molecule has 6 rings (SSSR count). The van der Waals surface area contributed by atoms with E-state index in [2.05, 4.69) is 69.3 Å². The molecule has 318 valence electrons. The van der Waals surface area contributed by atoms with Crippen LogP contribution in [0, 0.1) is 11.3 Å². The lowest BCUT2D eigenvalue weighted by molar-refractivity contribution is -0.0915. The first-order chi connectivity index (χ1) is 28.9. The second-order valence-corrected chi connectivity index (χ2v) is 17.0. The van der Waals surface area contributed by atoms with E-state index in [1.165, 1.54) is 0 Å². The molecular formula is C43H52BrN8O7P. The third-order valence-electron chi connectivity index (χ3n) is 9.90. The monoisotopic (exact) mass is 902 g/mol. The van der Waals surface area contributed by atoms with Crippen LogP contribution < -0.4 is 15.0 Å². The van der Waals surface area contributed by atoms with Crippen molar-refractivity contribution in [1.29, 1.82) is 5.26 Å². The molecule has 0 saturated carbocycles. The molecule has 0 bridgehead atoms. The molecule has 1 aliphatic rings. The zero-order valence-electron chi connectivity index (χ0n) is 35.1. The molecule has 1 unspecified atom stereocenters. The van der Waals surface area contributed by atoms with Crippen LogP contribution >= 0.6 is 24.5 Å². The maximum atomic E-state index is 13.3. The van der Waals surface area contributed by atoms with Gasteiger partial charge in [-0.05, 0) is 84.6 Å². The number of nitrogens with one attached hydrogen (secondary N) is 1. The lowest BCUT2D eigenvalue weighted by atomic mass is 9.80. The number of fused-ring (bicyclic) bond motifs is 1. The molecule has 1 fully saturated rings. The number of ether oxygens (including phenoxy) is 4. The summed E-state index contributed by atoms with van der Waals surface area (Å²) in [5, 5.41) is 9.42. The molecule has 3 aromatic carbocycles. The van der Waals surface area contributed by atoms with E-state index < -0.39 is 38.1 Å². The van der Waals surface area contributed by atoms with Gasteiger partial charge in [0.15, 0.2) is 15.9 Å². The Kier molecular flexibility index (Phi) is 15.1. The molecule has 15 nitrogen and oxygen atoms in total. The number of imidazole rings is 1. The number of aliphatic imine (C=N–C) groups is 1. The number of hydrogen-bond donors (Lipinski definition) is 1. The standard InChI is InChI=1S/C43H52BrN8O7P/c1-28(2)52(29(3)4)60(57-24-12-23-45)59-35-25-37(51-39-38(47-41(51)44)40(53)49-42(48-39)46-27-50(5)6)58-36(35)26-56-43(30-13-10-9-11-14-30,31-15-19-33(54-7)20-16-31)32-17-21-34(55-8)22-18-32/h9-11,13-22,27-29,35-37H,12,24-26H2,1-8H3,(H,48,49,53)/t35-,36-,37-,60?/m1/s1. The van der Waals surface area contributed by atoms with Gasteiger partial charge in [0, 0.05) is 32.6 Å². The molecule has 1 N–H and O–H groups in total. The van der Waals surface area contributed by atoms with Gasteiger partial charge in [0.1, 0.15) is 29.4 Å². The average molecular weight is 904 g/mol. The SMILES string of the molecule is COc1ccc(C(OC[C@H]2O[C@@H](n3c(Br)nc4c(=O)[nH]c(N=CN(C)C)nc43)C[C@H]2OP(OCCC#N)N(C(C)C)C(C)C)(c2ccccc2)c2ccc(OC)cc2)cc1. The van der Waals surface area contributed by atoms with Crippen LogP contribution in [-0.4, -0.2) is 101 Å². The van der Waals surface area contributed by atoms with E-state index in [-0.39, 0.29) is 48.8 Å². The molecule has 5 aromatic rings. The molecule has 1 saturated heterocycles. The Morgan fingerprint density at radius 3 is 2.13 bits per heavy atom. The highest BCUT2D eigenvalue weighted by atomic mass is 79.9. The summed E-state index contributed by atoms with van der Waals surface area (Å²) in [5.41, 5.74) is 1.43. The normalized spacial score (nSPS) is 17.6. The zero-order chi connectivity index (χ0) is 43.0. The predicted octanol–water partition coefficient (Wildman–Crippen LogP) is 8.08. The van der Waals surface area contributed by atoms with Gasteiger partial charge < -0.3 is 32.9 Å². The summed E-state index contributed by atoms with van der Waals surface area (Å²) >= 11 is 3.60. The number of hydrogen-bond acceptors (Lipinski definition) is 12. The molecule has 4 atom stereocenters. The summed E-state index contributed by atoms with van der Waals surface area (Å²) in [6.07, 6.45) is 0.0880. The highest BCUT2D eigenvalue weighted by Gasteiger charge is 2.45. The van der Waals surface area contributed by atoms with Gasteiger partial charge in [-0.3, -0.25) is 14.3 Å². The van der Waals surface area contributed by atoms with E-state index in [9.17, 15) is 10.1 Å². The number of halogens is 1. The van der Waals surface area contributed by atoms with Crippen LogP contribution in [0.2, 0.25) is 0 Å². The Hall–Kier alpha value is -4.72. The average Bonchev–Trinajstić information content (AvgIpc) is 3.79. The van der Waals surface area contributed by atoms with Gasteiger partial charge in [-0.25, -0.2) is 14.6 Å². The molecule has 0 amide bonds. The van der Waals surface area contributed by atoms with Gasteiger partial charge in [0.25, 0.3) is 14.1 Å². The lowest BCUT2D eigenvalue weighted by Gasteiger charge is -2.39. The van der Waals surface area contributed by atoms with E-state index >= 15 is 0 Å². The van der Waals surface area contributed by atoms with Gasteiger partial charge in [0.05, 0.1) is 52.4 Å². The lowest BCUT2D eigenvalue weighted by Crippen LogP contribution is -2.39. The third kappa shape index (κ3) is 9.90. The van der Waals surface area contributed by atoms with E-state index in [4.69, 9.17) is 33.0 Å². The number of nitriles is 1. The molecular weight excluding hydrogens is 851 g/mol. The number of H-pyrrole nitrogens is 1. The fourth-order valence-electron chi connectivity index (χ4n) is 7.24. The number of benzene rings is 3. The van der Waals surface area contributed by atoms with Crippen molar-refractivity contribution in [2.45, 2.75) is 76.7 Å². The first-order valence-corrected chi connectivity index (χ1v) is 21.6. The first-order valence-electron chi connectivity index (χ1n) is 19.7. The minimum absolute atomic E-state index is 0.0511. The molecule has 0 aliphatic carbocycles. The van der Waals surface area contributed by atoms with Gasteiger partial charge >= 0.3 is 0 Å². The van der Waals surface area contributed by atoms with Crippen LogP contribution in [0.25, 0.3) is 11.2 Å². The number of rotatable bonds is 19. The van der Waals surface area contributed by atoms with Gasteiger partial charge in [-0.2, -0.15) is 10.2 Å². The Morgan fingerprint density at radius 2 is 1.58 bits per heavy atom. The van der Waals surface area contributed by atoms with E-state index in [1.54, 1.807) is 30.0 Å². The number of nitrogens with zero attached hydrogens (tertiary/aromatic N) is 7. The van der Waals surface area contributed by atoms with Gasteiger partial charge in [0.2, 0.25) is 5.95 Å². The van der Waals surface area contributed by atoms with Crippen LogP contribution in [0.4, 0.5) is 5.95 Å². The van der Waals surface area contributed by atoms with Crippen LogP contribution in [0.15, 0.2) is 93.4 Å². The quantitative estimate of drug-likeness (QED) is 0.0212. The topological polar surface area (TPSA) is 162 Å². The molecule has 2 aromatic heterocycles. The fraction of sp³-hybridized carbons (Fsp3) is 0.419. The maximum Gasteiger partial charge on any atom is 0.280 e. The molecule has 0 spiro atoms. The predicted molar refractivity (Wildman–Crippen MR) is 235 cm³/mol. The fourth-order valence-corrected chi connectivity index (χ4v) is 9.57. The molecule has 1 aliphatic heterocycles. The summed E-state index contributed by atoms with van der Waals surface area (Å²) < 4.78 is 43.2. The van der Waals surface area contributed by atoms with Gasteiger partial charge in [-0.1, -0.05) is 54.6 Å². The van der Waals surface area contributed by atoms with E-state index in [1.807, 2.05) is 93.0 Å². The Balaban J connectivity index is 1.47. The van der Waals surface area contributed by atoms with Crippen LogP contribution in [0.5, 0.6) is 11.5 Å². The third-order valence-corrected chi connectivity index (χ3v) is 12.6. The second-order valence-electron chi connectivity index (χ2n) is 14.9. The molecule has 0 radical (unpaired) electrons. The summed E-state index contributed by atoms with van der Waals surface area (Å²) in [7, 11) is 5.23. The zero-order valence-corrected chi connectivity index (χ0v) is 37.6. The van der Waals surface area contributed by atoms with Crippen LogP contribution in [0.1, 0.15) is 63.5 Å².